The first-order valence-electron chi connectivity index (χ1n) is 6.49. The molecule has 0 aromatic heterocycles. The molecule has 0 radical (unpaired) electrons. The second-order valence-electron chi connectivity index (χ2n) is 4.50. The van der Waals surface area contributed by atoms with Crippen molar-refractivity contribution in [3.05, 3.63) is 59.1 Å². The van der Waals surface area contributed by atoms with Gasteiger partial charge in [-0.3, -0.25) is 4.79 Å². The molecule has 0 saturated carbocycles. The van der Waals surface area contributed by atoms with Crippen molar-refractivity contribution < 1.29 is 18.4 Å². The highest BCUT2D eigenvalue weighted by Gasteiger charge is 2.08. The number of nitrogens with one attached hydrogen (secondary N) is 3. The van der Waals surface area contributed by atoms with Crippen molar-refractivity contribution in [3.8, 4) is 0 Å². The lowest BCUT2D eigenvalue weighted by Crippen LogP contribution is -2.35. The Kier molecular flexibility index (Phi) is 5.48. The third-order valence-electron chi connectivity index (χ3n) is 2.70. The molecule has 8 heteroatoms. The fourth-order valence-electron chi connectivity index (χ4n) is 1.68. The van der Waals surface area contributed by atoms with Gasteiger partial charge in [-0.2, -0.15) is 0 Å². The smallest absolute Gasteiger partial charge is 0.319 e. The minimum atomic E-state index is -0.665. The molecule has 0 saturated heterocycles. The average Bonchev–Trinajstić information content (AvgIpc) is 2.49. The van der Waals surface area contributed by atoms with Crippen molar-refractivity contribution in [1.29, 1.82) is 0 Å². The maximum absolute atomic E-state index is 13.0. The van der Waals surface area contributed by atoms with Crippen molar-refractivity contribution >= 4 is 34.9 Å². The molecular weight excluding hydrogens is 328 g/mol. The van der Waals surface area contributed by atoms with Gasteiger partial charge in [-0.25, -0.2) is 13.6 Å². The molecule has 120 valence electrons. The SMILES string of the molecule is O=C(CNC(=O)Nc1ccc(F)c(Cl)c1)Nc1cccc(F)c1. The maximum atomic E-state index is 13.0. The Morgan fingerprint density at radius 1 is 1.00 bits per heavy atom. The highest BCUT2D eigenvalue weighted by Crippen LogP contribution is 2.19. The van der Waals surface area contributed by atoms with Crippen LogP contribution in [-0.2, 0) is 4.79 Å². The number of amides is 3. The molecule has 0 heterocycles. The number of carbonyl (C=O) groups is 2. The molecule has 0 aliphatic rings. The maximum Gasteiger partial charge on any atom is 0.319 e. The van der Waals surface area contributed by atoms with Gasteiger partial charge in [0.1, 0.15) is 11.6 Å². The van der Waals surface area contributed by atoms with Crippen LogP contribution in [0.1, 0.15) is 0 Å². The Hall–Kier alpha value is -2.67. The van der Waals surface area contributed by atoms with Crippen LogP contribution < -0.4 is 16.0 Å². The molecule has 0 spiro atoms. The van der Waals surface area contributed by atoms with E-state index in [1.54, 1.807) is 0 Å². The first-order valence-corrected chi connectivity index (χ1v) is 6.87. The zero-order valence-corrected chi connectivity index (χ0v) is 12.5. The summed E-state index contributed by atoms with van der Waals surface area (Å²) in [5, 5.41) is 7.00. The quantitative estimate of drug-likeness (QED) is 0.799. The van der Waals surface area contributed by atoms with E-state index in [-0.39, 0.29) is 22.9 Å². The first-order chi connectivity index (χ1) is 10.9. The highest BCUT2D eigenvalue weighted by atomic mass is 35.5. The second-order valence-corrected chi connectivity index (χ2v) is 4.90. The molecule has 2 aromatic rings. The molecule has 3 amide bonds. The number of hydrogen-bond donors (Lipinski definition) is 3. The monoisotopic (exact) mass is 339 g/mol. The van der Waals surface area contributed by atoms with Gasteiger partial charge >= 0.3 is 6.03 Å². The van der Waals surface area contributed by atoms with Gasteiger partial charge in [0.25, 0.3) is 0 Å². The van der Waals surface area contributed by atoms with Gasteiger partial charge in [0.2, 0.25) is 5.91 Å². The van der Waals surface area contributed by atoms with E-state index >= 15 is 0 Å². The summed E-state index contributed by atoms with van der Waals surface area (Å²) in [5.41, 5.74) is 0.557. The van der Waals surface area contributed by atoms with Crippen molar-refractivity contribution in [3.63, 3.8) is 0 Å². The van der Waals surface area contributed by atoms with Gasteiger partial charge in [0.15, 0.2) is 0 Å². The van der Waals surface area contributed by atoms with E-state index in [2.05, 4.69) is 16.0 Å². The standard InChI is InChI=1S/C15H12ClF2N3O2/c16-12-7-11(4-5-13(12)18)21-15(23)19-8-14(22)20-10-3-1-2-9(17)6-10/h1-7H,8H2,(H,20,22)(H2,19,21,23). The fourth-order valence-corrected chi connectivity index (χ4v) is 1.86. The molecular formula is C15H12ClF2N3O2. The average molecular weight is 340 g/mol. The third kappa shape index (κ3) is 5.23. The topological polar surface area (TPSA) is 70.2 Å². The molecule has 5 nitrogen and oxygen atoms in total. The number of carbonyl (C=O) groups excluding carboxylic acids is 2. The third-order valence-corrected chi connectivity index (χ3v) is 2.98. The van der Waals surface area contributed by atoms with Gasteiger partial charge in [0, 0.05) is 11.4 Å². The number of anilines is 2. The van der Waals surface area contributed by atoms with Crippen LogP contribution in [0.15, 0.2) is 42.5 Å². The van der Waals surface area contributed by atoms with Crippen LogP contribution in [0.25, 0.3) is 0 Å². The van der Waals surface area contributed by atoms with Crippen molar-refractivity contribution in [2.24, 2.45) is 0 Å². The summed E-state index contributed by atoms with van der Waals surface area (Å²) in [6.45, 7) is -0.322. The number of urea groups is 1. The van der Waals surface area contributed by atoms with Gasteiger partial charge in [-0.15, -0.1) is 0 Å². The summed E-state index contributed by atoms with van der Waals surface area (Å²) < 4.78 is 26.0. The van der Waals surface area contributed by atoms with Crippen LogP contribution in [0.5, 0.6) is 0 Å². The molecule has 0 aliphatic carbocycles. The van der Waals surface area contributed by atoms with Crippen LogP contribution in [0.4, 0.5) is 25.0 Å². The summed E-state index contributed by atoms with van der Waals surface area (Å²) in [5.74, 6) is -1.61. The molecule has 0 aliphatic heterocycles. The lowest BCUT2D eigenvalue weighted by atomic mass is 10.3. The molecule has 0 bridgehead atoms. The van der Waals surface area contributed by atoms with E-state index in [1.807, 2.05) is 0 Å². The molecule has 3 N–H and O–H groups in total. The van der Waals surface area contributed by atoms with Crippen molar-refractivity contribution in [2.45, 2.75) is 0 Å². The first kappa shape index (κ1) is 16.7. The minimum absolute atomic E-state index is 0.133. The summed E-state index contributed by atoms with van der Waals surface area (Å²) in [4.78, 5) is 23.3. The summed E-state index contributed by atoms with van der Waals surface area (Å²) in [7, 11) is 0. The Morgan fingerprint density at radius 2 is 1.74 bits per heavy atom. The van der Waals surface area contributed by atoms with Crippen LogP contribution >= 0.6 is 11.6 Å². The van der Waals surface area contributed by atoms with E-state index in [0.29, 0.717) is 0 Å². The zero-order valence-electron chi connectivity index (χ0n) is 11.7. The van der Waals surface area contributed by atoms with E-state index < -0.39 is 23.6 Å². The molecule has 0 unspecified atom stereocenters. The van der Waals surface area contributed by atoms with E-state index in [9.17, 15) is 18.4 Å². The Labute approximate surface area is 135 Å². The molecule has 2 aromatic carbocycles. The second kappa shape index (κ2) is 7.55. The highest BCUT2D eigenvalue weighted by molar-refractivity contribution is 6.31. The molecule has 23 heavy (non-hydrogen) atoms. The summed E-state index contributed by atoms with van der Waals surface area (Å²) in [6, 6.07) is 8.37. The van der Waals surface area contributed by atoms with E-state index in [1.165, 1.54) is 30.3 Å². The number of hydrogen-bond acceptors (Lipinski definition) is 2. The zero-order chi connectivity index (χ0) is 16.8. The van der Waals surface area contributed by atoms with Gasteiger partial charge in [0.05, 0.1) is 11.6 Å². The minimum Gasteiger partial charge on any atom is -0.329 e. The van der Waals surface area contributed by atoms with Crippen LogP contribution in [-0.4, -0.2) is 18.5 Å². The number of rotatable bonds is 4. The number of halogens is 3. The van der Waals surface area contributed by atoms with E-state index in [0.717, 1.165) is 12.1 Å². The lowest BCUT2D eigenvalue weighted by molar-refractivity contribution is -0.115. The summed E-state index contributed by atoms with van der Waals surface area (Å²) in [6.07, 6.45) is 0. The fraction of sp³-hybridized carbons (Fsp3) is 0.0667. The van der Waals surface area contributed by atoms with Gasteiger partial charge < -0.3 is 16.0 Å². The molecule has 2 rings (SSSR count). The predicted octanol–water partition coefficient (Wildman–Crippen LogP) is 3.38. The van der Waals surface area contributed by atoms with Crippen LogP contribution in [0.2, 0.25) is 5.02 Å². The van der Waals surface area contributed by atoms with Gasteiger partial charge in [-0.1, -0.05) is 17.7 Å². The normalized spacial score (nSPS) is 10.0. The van der Waals surface area contributed by atoms with E-state index in [4.69, 9.17) is 11.6 Å². The van der Waals surface area contributed by atoms with Crippen LogP contribution in [0.3, 0.4) is 0 Å². The summed E-state index contributed by atoms with van der Waals surface area (Å²) >= 11 is 5.59. The number of benzene rings is 2. The lowest BCUT2D eigenvalue weighted by Gasteiger charge is -2.09. The largest absolute Gasteiger partial charge is 0.329 e. The molecule has 0 fully saturated rings. The van der Waals surface area contributed by atoms with Crippen molar-refractivity contribution in [1.82, 2.24) is 5.32 Å². The van der Waals surface area contributed by atoms with Crippen LogP contribution in [0, 0.1) is 11.6 Å². The van der Waals surface area contributed by atoms with Gasteiger partial charge in [-0.05, 0) is 36.4 Å². The Balaban J connectivity index is 1.81. The van der Waals surface area contributed by atoms with Crippen molar-refractivity contribution in [2.75, 3.05) is 17.2 Å². The Bertz CT molecular complexity index is 740. The molecule has 0 atom stereocenters. The predicted molar refractivity (Wildman–Crippen MR) is 83.5 cm³/mol. The Morgan fingerprint density at radius 3 is 2.43 bits per heavy atom.